The number of aromatic amines is 1. The van der Waals surface area contributed by atoms with Gasteiger partial charge in [-0.2, -0.15) is 4.98 Å². The van der Waals surface area contributed by atoms with Crippen molar-refractivity contribution in [2.45, 2.75) is 47.1 Å². The van der Waals surface area contributed by atoms with E-state index in [1.165, 1.54) is 0 Å². The van der Waals surface area contributed by atoms with Gasteiger partial charge in [-0.05, 0) is 25.3 Å². The van der Waals surface area contributed by atoms with Crippen molar-refractivity contribution in [3.05, 3.63) is 22.1 Å². The van der Waals surface area contributed by atoms with Crippen LogP contribution < -0.4 is 11.3 Å². The summed E-state index contributed by atoms with van der Waals surface area (Å²) >= 11 is 0. The Morgan fingerprint density at radius 3 is 2.44 bits per heavy atom. The maximum atomic E-state index is 12.0. The van der Waals surface area contributed by atoms with Crippen LogP contribution in [-0.4, -0.2) is 14.5 Å². The lowest BCUT2D eigenvalue weighted by atomic mass is 10.0. The van der Waals surface area contributed by atoms with Gasteiger partial charge in [0.15, 0.2) is 0 Å². The summed E-state index contributed by atoms with van der Waals surface area (Å²) in [6, 6.07) is 0.249. The van der Waals surface area contributed by atoms with Gasteiger partial charge in [-0.1, -0.05) is 21.3 Å². The molecule has 0 aliphatic rings. The first-order chi connectivity index (χ1) is 7.91. The molecule has 2 heterocycles. The lowest BCUT2D eigenvalue weighted by molar-refractivity contribution is 0.614. The number of rotatable bonds is 2. The number of hydrogen-bond donors (Lipinski definition) is 2. The van der Waals surface area contributed by atoms with Crippen LogP contribution in [0.5, 0.6) is 0 Å². The predicted octanol–water partition coefficient (Wildman–Crippen LogP) is 2.65. The molecule has 5 heteroatoms. The molecule has 0 bridgehead atoms. The molecule has 0 amide bonds. The average molecular weight is 250 g/mol. The van der Waals surface area contributed by atoms with Crippen molar-refractivity contribution >= 4 is 17.0 Å². The van der Waals surface area contributed by atoms with E-state index in [1.54, 1.807) is 0 Å². The number of nitrogens with two attached hydrogens (primary N) is 1. The number of fused-ring (bicyclic) bond motifs is 1. The van der Waals surface area contributed by atoms with Gasteiger partial charge < -0.3 is 10.3 Å². The summed E-state index contributed by atoms with van der Waals surface area (Å²) in [5.74, 6) is 0.446. The van der Waals surface area contributed by atoms with Gasteiger partial charge in [-0.25, -0.2) is 0 Å². The van der Waals surface area contributed by atoms with E-state index in [2.05, 4.69) is 37.7 Å². The SMILES string of the molecule is C.CC(C)c1cn(C(C)C)c2nc(N)[nH]c(=O)c12. The second-order valence-electron chi connectivity index (χ2n) is 4.89. The van der Waals surface area contributed by atoms with Crippen molar-refractivity contribution in [1.82, 2.24) is 14.5 Å². The quantitative estimate of drug-likeness (QED) is 0.860. The highest BCUT2D eigenvalue weighted by atomic mass is 16.1. The zero-order valence-electron chi connectivity index (χ0n) is 10.6. The van der Waals surface area contributed by atoms with Crippen molar-refractivity contribution in [2.75, 3.05) is 5.73 Å². The van der Waals surface area contributed by atoms with E-state index in [0.29, 0.717) is 11.0 Å². The summed E-state index contributed by atoms with van der Waals surface area (Å²) in [4.78, 5) is 18.8. The Kier molecular flexibility index (Phi) is 3.84. The van der Waals surface area contributed by atoms with E-state index in [9.17, 15) is 4.79 Å². The molecule has 3 N–H and O–H groups in total. The van der Waals surface area contributed by atoms with Gasteiger partial charge in [0.05, 0.1) is 5.39 Å². The number of nitrogen functional groups attached to an aromatic ring is 1. The number of anilines is 1. The fourth-order valence-corrected chi connectivity index (χ4v) is 2.03. The zero-order chi connectivity index (χ0) is 12.7. The van der Waals surface area contributed by atoms with Gasteiger partial charge in [0.2, 0.25) is 5.95 Å². The standard InChI is InChI=1S/C12H18N4O.CH4/c1-6(2)8-5-16(7(3)4)10-9(8)11(17)15-12(13)14-10;/h5-7H,1-4H3,(H3,13,14,15,17);1H4. The first-order valence-electron chi connectivity index (χ1n) is 5.82. The molecule has 0 aliphatic carbocycles. The average Bonchev–Trinajstić information content (AvgIpc) is 2.56. The van der Waals surface area contributed by atoms with E-state index in [1.807, 2.05) is 10.8 Å². The van der Waals surface area contributed by atoms with Crippen LogP contribution in [0.15, 0.2) is 11.0 Å². The molecule has 0 aromatic carbocycles. The first kappa shape index (κ1) is 14.3. The monoisotopic (exact) mass is 250 g/mol. The Bertz CT molecular complexity index is 607. The van der Waals surface area contributed by atoms with Crippen molar-refractivity contribution in [3.8, 4) is 0 Å². The smallest absolute Gasteiger partial charge is 0.262 e. The fourth-order valence-electron chi connectivity index (χ4n) is 2.03. The number of nitrogens with one attached hydrogen (secondary N) is 1. The highest BCUT2D eigenvalue weighted by Gasteiger charge is 2.17. The first-order valence-corrected chi connectivity index (χ1v) is 5.82. The molecule has 2 aromatic rings. The number of hydrogen-bond acceptors (Lipinski definition) is 3. The zero-order valence-corrected chi connectivity index (χ0v) is 10.6. The van der Waals surface area contributed by atoms with E-state index in [0.717, 1.165) is 5.56 Å². The van der Waals surface area contributed by atoms with E-state index in [-0.39, 0.29) is 30.9 Å². The molecule has 0 radical (unpaired) electrons. The van der Waals surface area contributed by atoms with Crippen molar-refractivity contribution in [2.24, 2.45) is 0 Å². The molecule has 0 fully saturated rings. The lowest BCUT2D eigenvalue weighted by Crippen LogP contribution is -2.13. The summed E-state index contributed by atoms with van der Waals surface area (Å²) < 4.78 is 2.00. The van der Waals surface area contributed by atoms with Crippen LogP contribution in [0, 0.1) is 0 Å². The topological polar surface area (TPSA) is 76.7 Å². The summed E-state index contributed by atoms with van der Waals surface area (Å²) in [6.45, 7) is 8.25. The maximum Gasteiger partial charge on any atom is 0.262 e. The maximum absolute atomic E-state index is 12.0. The second kappa shape index (κ2) is 4.84. The third-order valence-corrected chi connectivity index (χ3v) is 2.91. The molecule has 0 saturated heterocycles. The summed E-state index contributed by atoms with van der Waals surface area (Å²) in [7, 11) is 0. The molecule has 0 atom stereocenters. The van der Waals surface area contributed by atoms with Gasteiger partial charge in [-0.3, -0.25) is 9.78 Å². The summed E-state index contributed by atoms with van der Waals surface area (Å²) in [5, 5.41) is 0.655. The molecule has 2 aromatic heterocycles. The normalized spacial score (nSPS) is 11.2. The molecule has 5 nitrogen and oxygen atoms in total. The Labute approximate surface area is 107 Å². The van der Waals surface area contributed by atoms with Crippen LogP contribution in [0.2, 0.25) is 0 Å². The Morgan fingerprint density at radius 2 is 1.94 bits per heavy atom. The van der Waals surface area contributed by atoms with Crippen LogP contribution in [-0.2, 0) is 0 Å². The minimum atomic E-state index is -0.157. The van der Waals surface area contributed by atoms with Gasteiger partial charge in [0.25, 0.3) is 5.56 Å². The Balaban J connectivity index is 0.00000162. The van der Waals surface area contributed by atoms with Crippen molar-refractivity contribution in [1.29, 1.82) is 0 Å². The van der Waals surface area contributed by atoms with Crippen LogP contribution in [0.4, 0.5) is 5.95 Å². The van der Waals surface area contributed by atoms with Gasteiger partial charge in [0, 0.05) is 12.2 Å². The van der Waals surface area contributed by atoms with Crippen LogP contribution in [0.25, 0.3) is 11.0 Å². The predicted molar refractivity (Wildman–Crippen MR) is 76.0 cm³/mol. The van der Waals surface area contributed by atoms with Crippen LogP contribution in [0.3, 0.4) is 0 Å². The van der Waals surface area contributed by atoms with Crippen molar-refractivity contribution in [3.63, 3.8) is 0 Å². The Morgan fingerprint density at radius 1 is 1.33 bits per heavy atom. The molecule has 2 rings (SSSR count). The molecule has 0 aliphatic heterocycles. The molecule has 0 spiro atoms. The molecule has 18 heavy (non-hydrogen) atoms. The minimum absolute atomic E-state index is 0. The highest BCUT2D eigenvalue weighted by Crippen LogP contribution is 2.26. The lowest BCUT2D eigenvalue weighted by Gasteiger charge is -2.07. The number of H-pyrrole nitrogens is 1. The van der Waals surface area contributed by atoms with E-state index >= 15 is 0 Å². The molecule has 0 saturated carbocycles. The van der Waals surface area contributed by atoms with Gasteiger partial charge in [-0.15, -0.1) is 0 Å². The second-order valence-corrected chi connectivity index (χ2v) is 4.89. The number of aromatic nitrogens is 3. The third kappa shape index (κ3) is 2.12. The summed E-state index contributed by atoms with van der Waals surface area (Å²) in [5.41, 5.74) is 7.13. The fraction of sp³-hybridized carbons (Fsp3) is 0.538. The third-order valence-electron chi connectivity index (χ3n) is 2.91. The highest BCUT2D eigenvalue weighted by molar-refractivity contribution is 5.81. The van der Waals surface area contributed by atoms with E-state index < -0.39 is 0 Å². The van der Waals surface area contributed by atoms with Gasteiger partial charge in [0.1, 0.15) is 5.65 Å². The van der Waals surface area contributed by atoms with Crippen LogP contribution in [0.1, 0.15) is 52.6 Å². The minimum Gasteiger partial charge on any atom is -0.369 e. The largest absolute Gasteiger partial charge is 0.369 e. The molecular weight excluding hydrogens is 228 g/mol. The molecule has 0 unspecified atom stereocenters. The Hall–Kier alpha value is -1.78. The van der Waals surface area contributed by atoms with Crippen LogP contribution >= 0.6 is 0 Å². The molecule has 100 valence electrons. The molecular formula is C13H22N4O. The summed E-state index contributed by atoms with van der Waals surface area (Å²) in [6.07, 6.45) is 2.00. The van der Waals surface area contributed by atoms with Crippen molar-refractivity contribution < 1.29 is 0 Å². The van der Waals surface area contributed by atoms with Gasteiger partial charge >= 0.3 is 0 Å². The van der Waals surface area contributed by atoms with E-state index in [4.69, 9.17) is 5.73 Å². The number of nitrogens with zero attached hydrogens (tertiary/aromatic N) is 2.